The van der Waals surface area contributed by atoms with Gasteiger partial charge < -0.3 is 9.64 Å². The molecule has 1 amide bonds. The number of rotatable bonds is 2. The zero-order chi connectivity index (χ0) is 18.5. The molecule has 5 heteroatoms. The summed E-state index contributed by atoms with van der Waals surface area (Å²) in [5, 5.41) is 0. The summed E-state index contributed by atoms with van der Waals surface area (Å²) in [5.74, 6) is 1.02. The first-order valence-electron chi connectivity index (χ1n) is 10.2. The van der Waals surface area contributed by atoms with Crippen molar-refractivity contribution in [1.82, 2.24) is 9.80 Å². The van der Waals surface area contributed by atoms with Gasteiger partial charge in [-0.3, -0.25) is 14.5 Å². The van der Waals surface area contributed by atoms with E-state index < -0.39 is 0 Å². The van der Waals surface area contributed by atoms with Gasteiger partial charge in [0.2, 0.25) is 5.91 Å². The van der Waals surface area contributed by atoms with Crippen molar-refractivity contribution in [1.29, 1.82) is 0 Å². The normalized spacial score (nSPS) is 40.8. The molecule has 2 aliphatic heterocycles. The molecule has 5 atom stereocenters. The molecule has 2 saturated carbocycles. The fraction of sp³-hybridized carbons (Fsp3) is 0.810. The summed E-state index contributed by atoms with van der Waals surface area (Å²) in [6.07, 6.45) is 5.75. The van der Waals surface area contributed by atoms with Gasteiger partial charge in [-0.1, -0.05) is 19.1 Å². The van der Waals surface area contributed by atoms with Crippen molar-refractivity contribution in [3.05, 3.63) is 12.2 Å². The second-order valence-electron chi connectivity index (χ2n) is 9.21. The summed E-state index contributed by atoms with van der Waals surface area (Å²) in [4.78, 5) is 28.4. The van der Waals surface area contributed by atoms with Gasteiger partial charge in [-0.25, -0.2) is 0 Å². The summed E-state index contributed by atoms with van der Waals surface area (Å²) < 4.78 is 5.87. The lowest BCUT2D eigenvalue weighted by molar-refractivity contribution is -0.146. The molecular formula is C21H32N2O3. The van der Waals surface area contributed by atoms with Crippen LogP contribution in [0.1, 0.15) is 46.0 Å². The highest BCUT2D eigenvalue weighted by molar-refractivity contribution is 5.76. The summed E-state index contributed by atoms with van der Waals surface area (Å²) in [7, 11) is 0. The predicted octanol–water partition coefficient (Wildman–Crippen LogP) is 2.46. The molecule has 2 aliphatic carbocycles. The predicted molar refractivity (Wildman–Crippen MR) is 99.4 cm³/mol. The molecule has 2 saturated heterocycles. The molecule has 0 aromatic carbocycles. The third-order valence-electron chi connectivity index (χ3n) is 7.59. The molecular weight excluding hydrogens is 328 g/mol. The zero-order valence-corrected chi connectivity index (χ0v) is 16.2. The number of piperazine rings is 1. The Hall–Kier alpha value is -1.36. The molecule has 4 fully saturated rings. The number of amides is 1. The van der Waals surface area contributed by atoms with E-state index in [9.17, 15) is 9.59 Å². The molecule has 0 spiro atoms. The van der Waals surface area contributed by atoms with E-state index in [0.29, 0.717) is 11.8 Å². The summed E-state index contributed by atoms with van der Waals surface area (Å²) in [5.41, 5.74) is 1.66. The maximum Gasteiger partial charge on any atom is 0.310 e. The van der Waals surface area contributed by atoms with E-state index in [-0.39, 0.29) is 29.3 Å². The van der Waals surface area contributed by atoms with E-state index in [1.807, 2.05) is 4.90 Å². The molecule has 0 aromatic heterocycles. The van der Waals surface area contributed by atoms with Crippen LogP contribution in [0.4, 0.5) is 0 Å². The topological polar surface area (TPSA) is 49.9 Å². The van der Waals surface area contributed by atoms with Crippen LogP contribution in [0, 0.1) is 23.2 Å². The van der Waals surface area contributed by atoms with Crippen molar-refractivity contribution >= 4 is 11.9 Å². The van der Waals surface area contributed by atoms with Crippen molar-refractivity contribution in [2.24, 2.45) is 23.2 Å². The fourth-order valence-corrected chi connectivity index (χ4v) is 5.99. The Kier molecular flexibility index (Phi) is 4.62. The highest BCUT2D eigenvalue weighted by atomic mass is 16.6. The number of allylic oxidation sites excluding steroid dienone is 1. The van der Waals surface area contributed by atoms with Crippen LogP contribution in [0.3, 0.4) is 0 Å². The fourth-order valence-electron chi connectivity index (χ4n) is 5.99. The highest BCUT2D eigenvalue weighted by Gasteiger charge is 2.55. The average molecular weight is 360 g/mol. The molecule has 144 valence electrons. The molecule has 26 heavy (non-hydrogen) atoms. The van der Waals surface area contributed by atoms with Crippen LogP contribution >= 0.6 is 0 Å². The first-order chi connectivity index (χ1) is 12.4. The van der Waals surface area contributed by atoms with Gasteiger partial charge in [0.05, 0.1) is 5.92 Å². The minimum atomic E-state index is -0.0110. The lowest BCUT2D eigenvalue weighted by atomic mass is 9.55. The molecule has 0 unspecified atom stereocenters. The average Bonchev–Trinajstić information content (AvgIpc) is 2.88. The first kappa shape index (κ1) is 18.0. The number of carbonyl (C=O) groups excluding carboxylic acids is 2. The van der Waals surface area contributed by atoms with E-state index >= 15 is 0 Å². The van der Waals surface area contributed by atoms with E-state index in [4.69, 9.17) is 4.74 Å². The largest absolute Gasteiger partial charge is 0.462 e. The monoisotopic (exact) mass is 360 g/mol. The van der Waals surface area contributed by atoms with E-state index in [0.717, 1.165) is 52.0 Å². The second kappa shape index (κ2) is 6.66. The van der Waals surface area contributed by atoms with Gasteiger partial charge in [0.25, 0.3) is 0 Å². The first-order valence-corrected chi connectivity index (χ1v) is 10.2. The van der Waals surface area contributed by atoms with E-state index in [1.165, 1.54) is 18.4 Å². The van der Waals surface area contributed by atoms with Crippen molar-refractivity contribution in [2.45, 2.75) is 52.1 Å². The van der Waals surface area contributed by atoms with E-state index in [2.05, 4.69) is 18.4 Å². The molecule has 0 N–H and O–H groups in total. The third-order valence-corrected chi connectivity index (χ3v) is 7.59. The maximum absolute atomic E-state index is 12.6. The van der Waals surface area contributed by atoms with Crippen LogP contribution in [-0.2, 0) is 14.3 Å². The minimum Gasteiger partial charge on any atom is -0.462 e. The lowest BCUT2D eigenvalue weighted by Gasteiger charge is -2.50. The third kappa shape index (κ3) is 3.08. The Morgan fingerprint density at radius 2 is 2.04 bits per heavy atom. The zero-order valence-electron chi connectivity index (χ0n) is 16.2. The molecule has 0 radical (unpaired) electrons. The van der Waals surface area contributed by atoms with Gasteiger partial charge in [-0.15, -0.1) is 0 Å². The smallest absolute Gasteiger partial charge is 0.310 e. The van der Waals surface area contributed by atoms with Crippen LogP contribution < -0.4 is 0 Å². The Bertz CT molecular complexity index is 610. The Balaban J connectivity index is 1.43. The number of carbonyl (C=O) groups is 2. The standard InChI is InChI=1S/C21H32N2O3/c1-14-5-4-6-21(3)12-19-16(11-18(14)21)17(20(25)26-19)13-22-7-9-23(10-8-22)15(2)24/h16-19H,1,4-13H2,2-3H3/t16-,17+,18+,19-,21-/m1/s1. The van der Waals surface area contributed by atoms with Gasteiger partial charge in [-0.2, -0.15) is 0 Å². The maximum atomic E-state index is 12.6. The number of fused-ring (bicyclic) bond motifs is 2. The molecule has 0 bridgehead atoms. The molecule has 4 aliphatic rings. The van der Waals surface area contributed by atoms with Gasteiger partial charge >= 0.3 is 5.97 Å². The number of esters is 1. The van der Waals surface area contributed by atoms with Crippen LogP contribution in [0.25, 0.3) is 0 Å². The summed E-state index contributed by atoms with van der Waals surface area (Å²) in [6.45, 7) is 12.4. The van der Waals surface area contributed by atoms with Gasteiger partial charge in [0, 0.05) is 45.6 Å². The van der Waals surface area contributed by atoms with Crippen LogP contribution in [0.15, 0.2) is 12.2 Å². The highest BCUT2D eigenvalue weighted by Crippen LogP contribution is 2.56. The molecule has 5 nitrogen and oxygen atoms in total. The van der Waals surface area contributed by atoms with Crippen LogP contribution in [-0.4, -0.2) is 60.5 Å². The van der Waals surface area contributed by atoms with E-state index in [1.54, 1.807) is 6.92 Å². The Labute approximate surface area is 156 Å². The van der Waals surface area contributed by atoms with Crippen LogP contribution in [0.2, 0.25) is 0 Å². The van der Waals surface area contributed by atoms with Crippen molar-refractivity contribution in [3.63, 3.8) is 0 Å². The molecule has 0 aromatic rings. The van der Waals surface area contributed by atoms with Gasteiger partial charge in [0.15, 0.2) is 0 Å². The van der Waals surface area contributed by atoms with Gasteiger partial charge in [0.1, 0.15) is 6.10 Å². The van der Waals surface area contributed by atoms with Crippen LogP contribution in [0.5, 0.6) is 0 Å². The summed E-state index contributed by atoms with van der Waals surface area (Å²) >= 11 is 0. The Morgan fingerprint density at radius 1 is 1.31 bits per heavy atom. The van der Waals surface area contributed by atoms with Gasteiger partial charge in [-0.05, 0) is 43.4 Å². The lowest BCUT2D eigenvalue weighted by Crippen LogP contribution is -2.51. The van der Waals surface area contributed by atoms with Crippen molar-refractivity contribution in [3.8, 4) is 0 Å². The van der Waals surface area contributed by atoms with Crippen molar-refractivity contribution in [2.75, 3.05) is 32.7 Å². The number of hydrogen-bond acceptors (Lipinski definition) is 4. The summed E-state index contributed by atoms with van der Waals surface area (Å²) in [6, 6.07) is 0. The Morgan fingerprint density at radius 3 is 2.73 bits per heavy atom. The number of hydrogen-bond donors (Lipinski definition) is 0. The SMILES string of the molecule is C=C1CCC[C@]2(C)C[C@H]3OC(=O)[C@@H](CN4CCN(C(C)=O)CC4)[C@H]3C[C@@H]12. The number of ether oxygens (including phenoxy) is 1. The minimum absolute atomic E-state index is 0.00172. The molecule has 4 rings (SSSR count). The van der Waals surface area contributed by atoms with Crippen molar-refractivity contribution < 1.29 is 14.3 Å². The second-order valence-corrected chi connectivity index (χ2v) is 9.21. The number of nitrogens with zero attached hydrogens (tertiary/aromatic N) is 2. The molecule has 2 heterocycles. The quantitative estimate of drug-likeness (QED) is 0.561.